The van der Waals surface area contributed by atoms with Crippen LogP contribution in [0.15, 0.2) is 127 Å². The first-order valence-corrected chi connectivity index (χ1v) is 38.4. The highest BCUT2D eigenvalue weighted by atomic mass is 35.5. The molecule has 2 saturated heterocycles. The summed E-state index contributed by atoms with van der Waals surface area (Å²) in [5.74, 6) is -13.6. The van der Waals surface area contributed by atoms with E-state index in [0.717, 1.165) is 22.8 Å². The van der Waals surface area contributed by atoms with Crippen molar-refractivity contribution in [3.8, 4) is 68.2 Å². The second-order valence-corrected chi connectivity index (χ2v) is 31.4. The predicted molar refractivity (Wildman–Crippen MR) is 419 cm³/mol. The number of aliphatic hydroxyl groups excluding tert-OH is 6. The number of phenols is 3. The maximum absolute atomic E-state index is 15.7. The number of Topliss-reactive ketones (excluding diaryl/α,β-unsaturated/α-hetero) is 2. The maximum Gasteiger partial charge on any atom is 0.373 e. The number of thiocarbonyl (C=S) groups is 1. The molecule has 0 aliphatic carbocycles. The molecule has 11 bridgehead atoms. The Balaban J connectivity index is 0.00000427. The molecule has 2 fully saturated rings. The molecule has 7 heterocycles. The van der Waals surface area contributed by atoms with Crippen LogP contribution in [0.2, 0.25) is 15.1 Å². The van der Waals surface area contributed by atoms with Crippen molar-refractivity contribution < 1.29 is 113 Å². The molecular weight excluding hydrogens is 1580 g/mol. The number of rotatable bonds is 16. The fourth-order valence-electron chi connectivity index (χ4n) is 15.0. The summed E-state index contributed by atoms with van der Waals surface area (Å²) in [6.07, 6.45) is -19.1. The Labute approximate surface area is 680 Å². The number of fused-ring (bicyclic) bond motifs is 15. The zero-order valence-electron chi connectivity index (χ0n) is 62.7. The van der Waals surface area contributed by atoms with Crippen molar-refractivity contribution in [1.29, 1.82) is 0 Å². The van der Waals surface area contributed by atoms with Crippen LogP contribution in [0.1, 0.15) is 124 Å². The Morgan fingerprint density at radius 3 is 1.95 bits per heavy atom. The van der Waals surface area contributed by atoms with Crippen LogP contribution in [-0.4, -0.2) is 173 Å². The highest BCUT2D eigenvalue weighted by Crippen LogP contribution is 2.51. The molecule has 4 unspecified atom stereocenters. The van der Waals surface area contributed by atoms with Gasteiger partial charge in [0.15, 0.2) is 29.7 Å². The second-order valence-electron chi connectivity index (χ2n) is 29.7. The van der Waals surface area contributed by atoms with Gasteiger partial charge in [-0.3, -0.25) is 28.8 Å². The van der Waals surface area contributed by atoms with Crippen LogP contribution in [0, 0.1) is 17.8 Å². The summed E-state index contributed by atoms with van der Waals surface area (Å²) < 4.78 is 40.0. The smallest absolute Gasteiger partial charge is 0.373 e. The number of aromatic hydroxyl groups is 3. The fraction of sp³-hybridized carbons (Fsp3) is 0.390. The molecule has 4 amide bonds. The van der Waals surface area contributed by atoms with Crippen molar-refractivity contribution in [2.75, 3.05) is 13.7 Å². The van der Waals surface area contributed by atoms with Gasteiger partial charge in [-0.25, -0.2) is 0 Å². The van der Waals surface area contributed by atoms with Gasteiger partial charge >= 0.3 is 6.15 Å². The molecule has 7 aliphatic rings. The number of hydrogen-bond acceptors (Lipinski definition) is 26. The molecule has 17 atom stereocenters. The van der Waals surface area contributed by atoms with Gasteiger partial charge in [0.2, 0.25) is 35.7 Å². The number of benzene rings is 7. The number of carbonyl (C=O) groups is 6. The van der Waals surface area contributed by atoms with Crippen molar-refractivity contribution in [1.82, 2.24) is 26.6 Å². The first kappa shape index (κ1) is 86.3. The van der Waals surface area contributed by atoms with E-state index in [1.807, 2.05) is 50.2 Å². The molecule has 29 nitrogen and oxygen atoms in total. The van der Waals surface area contributed by atoms with E-state index in [1.165, 1.54) is 79.8 Å². The molecule has 115 heavy (non-hydrogen) atoms. The third kappa shape index (κ3) is 19.8. The minimum atomic E-state index is -1.98. The summed E-state index contributed by atoms with van der Waals surface area (Å²) in [4.78, 5) is 105. The number of amides is 4. The molecule has 0 radical (unpaired) electrons. The molecule has 7 aliphatic heterocycles. The van der Waals surface area contributed by atoms with Crippen LogP contribution < -0.4 is 46.5 Å². The van der Waals surface area contributed by atoms with Crippen LogP contribution in [0.25, 0.3) is 22.3 Å². The Bertz CT molecular complexity index is 4850. The predicted octanol–water partition coefficient (Wildman–Crippen LogP) is 7.92. The van der Waals surface area contributed by atoms with E-state index in [2.05, 4.69) is 26.6 Å². The molecule has 7 aromatic rings. The monoisotopic (exact) mass is 1660 g/mol. The van der Waals surface area contributed by atoms with Gasteiger partial charge in [-0.1, -0.05) is 115 Å². The molecule has 0 saturated carbocycles. The van der Waals surface area contributed by atoms with Crippen LogP contribution >= 0.6 is 47.0 Å². The minimum Gasteiger partial charge on any atom is -0.508 e. The van der Waals surface area contributed by atoms with Gasteiger partial charge in [0, 0.05) is 77.3 Å². The fourth-order valence-corrected chi connectivity index (χ4v) is 15.9. The van der Waals surface area contributed by atoms with E-state index in [4.69, 9.17) is 90.8 Å². The van der Waals surface area contributed by atoms with Crippen molar-refractivity contribution in [2.24, 2.45) is 23.5 Å². The van der Waals surface area contributed by atoms with E-state index < -0.39 is 211 Å². The Morgan fingerprint density at radius 1 is 0.730 bits per heavy atom. The number of carbonyl (C=O) groups excluding carboxylic acids is 8. The Hall–Kier alpha value is -9.54. The molecule has 14 rings (SSSR count). The molecule has 610 valence electrons. The van der Waals surface area contributed by atoms with E-state index in [0.29, 0.717) is 5.02 Å². The number of nitrogens with one attached hydrogen (secondary N) is 5. The summed E-state index contributed by atoms with van der Waals surface area (Å²) in [5.41, 5.74) is 7.33. The van der Waals surface area contributed by atoms with E-state index in [9.17, 15) is 60.3 Å². The molecular formula is C82H87Cl3N6O23S. The van der Waals surface area contributed by atoms with Gasteiger partial charge < -0.3 is 107 Å². The van der Waals surface area contributed by atoms with Gasteiger partial charge in [-0.2, -0.15) is 9.59 Å². The number of hydrogen-bond donors (Lipinski definition) is 15. The summed E-state index contributed by atoms with van der Waals surface area (Å²) in [6.45, 7) is 6.02. The number of phenolic OH excluding ortho intramolecular Hbond substituents is 3. The Morgan fingerprint density at radius 2 is 1.35 bits per heavy atom. The number of nitrogens with two attached hydrogens (primary N) is 1. The van der Waals surface area contributed by atoms with Gasteiger partial charge in [0.05, 0.1) is 58.9 Å². The Kier molecular flexibility index (Phi) is 27.9. The lowest BCUT2D eigenvalue weighted by Gasteiger charge is -2.48. The summed E-state index contributed by atoms with van der Waals surface area (Å²) >= 11 is 27.1. The average molecular weight is 1660 g/mol. The number of ether oxygens (including phenoxy) is 6. The summed E-state index contributed by atoms with van der Waals surface area (Å²) in [7, 11) is 1.53. The molecule has 7 aromatic carbocycles. The zero-order chi connectivity index (χ0) is 83.2. The largest absolute Gasteiger partial charge is 0.508 e. The van der Waals surface area contributed by atoms with Crippen LogP contribution in [-0.2, 0) is 65.7 Å². The summed E-state index contributed by atoms with van der Waals surface area (Å²) in [5, 5.41) is 121. The quantitative estimate of drug-likeness (QED) is 0.0408. The van der Waals surface area contributed by atoms with Crippen molar-refractivity contribution in [3.05, 3.63) is 176 Å². The zero-order valence-corrected chi connectivity index (χ0v) is 65.7. The standard InChI is InChI=1S/C81H87Cl3N6O21S.CO2/c1-36(2)20-54(86-5)79(105)90-69-58(96)25-45(28-65(85)97)77(103)89-68-44-26-61(107-59-18-13-42(23-52(59)83)70(98)51-30-56(94)49(31-64(68)112)41-12-17-55(93)50(22-41)67-46(34-87-78(51)104)21-48(92)29-57(67)95)74(62(27-44)108-60-19-14-43(71(69)99)24-53(60)84)111-80-75(73(101)72(100)63(35-91)109-80)110-66-32-81(4,76(102)37(3)106-66)88-33-38-6-8-39(9-7-38)40-10-15-47(82)16-11-40;2-1-3/h6-19,21-24,26-27,29,36-37,45,49,51,54,63,66,68-73,75-76,80,86,88,91-93,95,98-102H,20,25,28,30-35H2,1-5H3,(H2,85,97)(H,87,104)(H,89,103)(H,90,105);/t37-,45-,49-,51-,54+,63?,66-,68+,69-,70+,71+,72?,73-,75+,76+,80?,81?;/m0./s1. The van der Waals surface area contributed by atoms with Crippen LogP contribution in [0.4, 0.5) is 0 Å². The lowest BCUT2D eigenvalue weighted by atomic mass is 9.80. The lowest BCUT2D eigenvalue weighted by molar-refractivity contribution is -0.334. The van der Waals surface area contributed by atoms with E-state index in [1.54, 1.807) is 26.0 Å². The van der Waals surface area contributed by atoms with Gasteiger partial charge in [0.25, 0.3) is 0 Å². The number of primary amides is 1. The first-order valence-electron chi connectivity index (χ1n) is 36.9. The average Bonchev–Trinajstić information content (AvgIpc) is 0.768. The number of ketones is 2. The van der Waals surface area contributed by atoms with Gasteiger partial charge in [0.1, 0.15) is 65.0 Å². The lowest BCUT2D eigenvalue weighted by Crippen LogP contribution is -2.65. The van der Waals surface area contributed by atoms with Crippen LogP contribution in [0.5, 0.6) is 46.0 Å². The van der Waals surface area contributed by atoms with Crippen molar-refractivity contribution in [3.63, 3.8) is 0 Å². The maximum atomic E-state index is 15.7. The summed E-state index contributed by atoms with van der Waals surface area (Å²) in [6, 6.07) is 27.3. The van der Waals surface area contributed by atoms with Gasteiger partial charge in [-0.15, -0.1) is 0 Å². The first-order chi connectivity index (χ1) is 54.7. The molecule has 0 spiro atoms. The highest BCUT2D eigenvalue weighted by molar-refractivity contribution is 7.80. The minimum absolute atomic E-state index is 0.0151. The molecule has 16 N–H and O–H groups in total. The van der Waals surface area contributed by atoms with Crippen molar-refractivity contribution >= 4 is 93.2 Å². The van der Waals surface area contributed by atoms with E-state index in [-0.39, 0.29) is 96.8 Å². The number of halogens is 3. The second kappa shape index (κ2) is 37.2. The van der Waals surface area contributed by atoms with Crippen LogP contribution in [0.3, 0.4) is 0 Å². The van der Waals surface area contributed by atoms with Crippen molar-refractivity contribution in [2.45, 2.75) is 170 Å². The SMILES string of the molecule is CN[C@H](CC(C)C)C(=O)N[C@H]1C(=O)C[C@@H](CC(N)=O)C(=O)N[C@H]2C(=S)C[C@@H]3C(=O)C[C@H](C(=O)NCc4cc(O)cc(O)c4-c4cc3ccc4O)[C@H](O)c3ccc(c(Cl)c3)Oc3cc2cc(c3OC2OC(CO)C(O)[C@H](O)[C@H]2O[C@H]2CC(C)(NCc3ccc(-c4ccc(Cl)cc4)cc3)[C@H](O)[C@H](C)O2)Oc2ccc(cc2Cl)[C@H]1O.O=C=O. The topological polar surface area (TPSA) is 460 Å². The third-order valence-corrected chi connectivity index (χ3v) is 22.4. The normalized spacial score (nSPS) is 26.6. The molecule has 0 aromatic heterocycles. The highest BCUT2D eigenvalue weighted by Gasteiger charge is 2.52. The number of likely N-dealkylation sites (N-methyl/N-ethyl adjacent to an activating group) is 1. The van der Waals surface area contributed by atoms with E-state index >= 15 is 14.4 Å². The molecule has 33 heteroatoms. The number of aliphatic hydroxyl groups is 6. The van der Waals surface area contributed by atoms with Gasteiger partial charge in [-0.05, 0) is 151 Å². The third-order valence-electron chi connectivity index (χ3n) is 21.1.